The third-order valence-corrected chi connectivity index (χ3v) is 4.83. The number of nitrogens with zero attached hydrogens (tertiary/aromatic N) is 2. The molecule has 1 aromatic heterocycles. The molecule has 0 aliphatic carbocycles. The molecule has 2 N–H and O–H groups in total. The Kier molecular flexibility index (Phi) is 6.28. The quantitative estimate of drug-likeness (QED) is 0.381. The van der Waals surface area contributed by atoms with Crippen LogP contribution in [0, 0.1) is 5.82 Å². The van der Waals surface area contributed by atoms with Crippen molar-refractivity contribution in [1.29, 1.82) is 0 Å². The summed E-state index contributed by atoms with van der Waals surface area (Å²) >= 11 is 6.03. The smallest absolute Gasteiger partial charge is 0.255 e. The first-order valence-electron chi connectivity index (χ1n) is 9.62. The molecule has 160 valence electrons. The molecule has 0 radical (unpaired) electrons. The number of rotatable bonds is 6. The van der Waals surface area contributed by atoms with Gasteiger partial charge in [-0.3, -0.25) is 4.79 Å². The second-order valence-electron chi connectivity index (χ2n) is 6.80. The predicted molar refractivity (Wildman–Crippen MR) is 123 cm³/mol. The summed E-state index contributed by atoms with van der Waals surface area (Å²) in [5, 5.41) is 6.44. The Morgan fingerprint density at radius 2 is 1.84 bits per heavy atom. The molecule has 8 heteroatoms. The van der Waals surface area contributed by atoms with E-state index >= 15 is 0 Å². The first kappa shape index (κ1) is 21.3. The molecule has 4 rings (SSSR count). The fraction of sp³-hybridized carbons (Fsp3) is 0.0417. The van der Waals surface area contributed by atoms with E-state index < -0.39 is 0 Å². The van der Waals surface area contributed by atoms with Gasteiger partial charge in [0, 0.05) is 27.9 Å². The maximum absolute atomic E-state index is 13.5. The van der Waals surface area contributed by atoms with Crippen LogP contribution in [0.5, 0.6) is 5.75 Å². The minimum absolute atomic E-state index is 0.322. The maximum Gasteiger partial charge on any atom is 0.255 e. The maximum atomic E-state index is 13.5. The van der Waals surface area contributed by atoms with Crippen LogP contribution in [-0.2, 0) is 0 Å². The molecule has 0 bridgehead atoms. The predicted octanol–water partition coefficient (Wildman–Crippen LogP) is 5.94. The van der Waals surface area contributed by atoms with Crippen LogP contribution >= 0.6 is 11.6 Å². The lowest BCUT2D eigenvalue weighted by molar-refractivity contribution is 0.102. The third kappa shape index (κ3) is 5.01. The molecule has 1 amide bonds. The molecule has 6 nitrogen and oxygen atoms in total. The average Bonchev–Trinajstić information content (AvgIpc) is 2.80. The Hall–Kier alpha value is -3.97. The van der Waals surface area contributed by atoms with Crippen LogP contribution in [0.2, 0.25) is 5.02 Å². The van der Waals surface area contributed by atoms with Gasteiger partial charge in [-0.05, 0) is 48.5 Å². The summed E-state index contributed by atoms with van der Waals surface area (Å²) in [5.41, 5.74) is 2.76. The number of ether oxygens (including phenoxy) is 1. The number of halogens is 2. The zero-order chi connectivity index (χ0) is 22.5. The van der Waals surface area contributed by atoms with Crippen molar-refractivity contribution in [1.82, 2.24) is 9.97 Å². The first-order valence-corrected chi connectivity index (χ1v) is 9.99. The van der Waals surface area contributed by atoms with Crippen molar-refractivity contribution < 1.29 is 13.9 Å². The molecule has 0 fully saturated rings. The summed E-state index contributed by atoms with van der Waals surface area (Å²) in [6, 6.07) is 19.8. The Morgan fingerprint density at radius 1 is 1.00 bits per heavy atom. The van der Waals surface area contributed by atoms with Gasteiger partial charge < -0.3 is 15.4 Å². The van der Waals surface area contributed by atoms with Gasteiger partial charge in [-0.2, -0.15) is 0 Å². The van der Waals surface area contributed by atoms with Gasteiger partial charge >= 0.3 is 0 Å². The van der Waals surface area contributed by atoms with E-state index in [0.717, 1.165) is 0 Å². The number of nitrogens with one attached hydrogen (secondary N) is 2. The summed E-state index contributed by atoms with van der Waals surface area (Å²) in [4.78, 5) is 21.2. The molecule has 3 aromatic carbocycles. The molecule has 32 heavy (non-hydrogen) atoms. The Morgan fingerprint density at radius 3 is 2.66 bits per heavy atom. The van der Waals surface area contributed by atoms with E-state index in [-0.39, 0.29) is 11.7 Å². The van der Waals surface area contributed by atoms with Crippen molar-refractivity contribution in [2.45, 2.75) is 0 Å². The molecule has 0 spiro atoms. The molecular weight excluding hydrogens is 431 g/mol. The second-order valence-corrected chi connectivity index (χ2v) is 7.24. The molecule has 1 heterocycles. The van der Waals surface area contributed by atoms with Crippen molar-refractivity contribution in [2.24, 2.45) is 0 Å². The SMILES string of the molecule is COc1ccc(Cl)cc1NC(=O)c1cccc(Nc2cc(-c3cccc(F)c3)ncn2)c1. The standard InChI is InChI=1S/C24H18ClFN4O2/c1-32-22-9-8-17(25)12-21(22)30-24(31)16-5-3-7-19(11-16)29-23-13-20(27-14-28-23)15-4-2-6-18(26)10-15/h2-14H,1H3,(H,30,31)(H,27,28,29). The minimum Gasteiger partial charge on any atom is -0.495 e. The number of carbonyl (C=O) groups excluding carboxylic acids is 1. The lowest BCUT2D eigenvalue weighted by Crippen LogP contribution is -2.13. The van der Waals surface area contributed by atoms with Crippen LogP contribution in [0.3, 0.4) is 0 Å². The van der Waals surface area contributed by atoms with Crippen LogP contribution in [-0.4, -0.2) is 23.0 Å². The second kappa shape index (κ2) is 9.45. The number of methoxy groups -OCH3 is 1. The van der Waals surface area contributed by atoms with Crippen LogP contribution in [0.1, 0.15) is 10.4 Å². The van der Waals surface area contributed by atoms with Crippen molar-refractivity contribution in [2.75, 3.05) is 17.7 Å². The topological polar surface area (TPSA) is 76.1 Å². The van der Waals surface area contributed by atoms with Crippen LogP contribution in [0.4, 0.5) is 21.6 Å². The minimum atomic E-state index is -0.342. The molecular formula is C24H18ClFN4O2. The van der Waals surface area contributed by atoms with Gasteiger partial charge in [-0.25, -0.2) is 14.4 Å². The third-order valence-electron chi connectivity index (χ3n) is 4.59. The van der Waals surface area contributed by atoms with Gasteiger partial charge in [-0.15, -0.1) is 0 Å². The fourth-order valence-electron chi connectivity index (χ4n) is 3.09. The van der Waals surface area contributed by atoms with E-state index in [1.807, 2.05) is 0 Å². The largest absolute Gasteiger partial charge is 0.495 e. The molecule has 0 saturated heterocycles. The van der Waals surface area contributed by atoms with Crippen LogP contribution in [0.25, 0.3) is 11.3 Å². The zero-order valence-corrected chi connectivity index (χ0v) is 17.7. The highest BCUT2D eigenvalue weighted by molar-refractivity contribution is 6.31. The van der Waals surface area contributed by atoms with Gasteiger partial charge in [0.25, 0.3) is 5.91 Å². The van der Waals surface area contributed by atoms with E-state index in [9.17, 15) is 9.18 Å². The number of anilines is 3. The monoisotopic (exact) mass is 448 g/mol. The molecule has 0 aliphatic rings. The van der Waals surface area contributed by atoms with Crippen molar-refractivity contribution in [3.8, 4) is 17.0 Å². The van der Waals surface area contributed by atoms with Gasteiger partial charge in [0.15, 0.2) is 0 Å². The van der Waals surface area contributed by atoms with Crippen molar-refractivity contribution >= 4 is 34.7 Å². The Labute approximate surface area is 189 Å². The summed E-state index contributed by atoms with van der Waals surface area (Å²) in [7, 11) is 1.52. The molecule has 0 saturated carbocycles. The van der Waals surface area contributed by atoms with Crippen molar-refractivity contribution in [3.63, 3.8) is 0 Å². The number of hydrogen-bond donors (Lipinski definition) is 2. The number of amides is 1. The lowest BCUT2D eigenvalue weighted by atomic mass is 10.1. The van der Waals surface area contributed by atoms with E-state index in [1.165, 1.54) is 25.6 Å². The number of hydrogen-bond acceptors (Lipinski definition) is 5. The van der Waals surface area contributed by atoms with Gasteiger partial charge in [-0.1, -0.05) is 29.8 Å². The lowest BCUT2D eigenvalue weighted by Gasteiger charge is -2.12. The van der Waals surface area contributed by atoms with Crippen molar-refractivity contribution in [3.05, 3.63) is 95.5 Å². The summed E-state index contributed by atoms with van der Waals surface area (Å²) in [6.45, 7) is 0. The summed E-state index contributed by atoms with van der Waals surface area (Å²) in [6.07, 6.45) is 1.39. The van der Waals surface area contributed by atoms with E-state index in [2.05, 4.69) is 20.6 Å². The molecule has 0 atom stereocenters. The van der Waals surface area contributed by atoms with Gasteiger partial charge in [0.1, 0.15) is 23.7 Å². The molecule has 4 aromatic rings. The van der Waals surface area contributed by atoms with Gasteiger partial charge in [0.2, 0.25) is 0 Å². The fourth-order valence-corrected chi connectivity index (χ4v) is 3.26. The number of carbonyl (C=O) groups is 1. The summed E-state index contributed by atoms with van der Waals surface area (Å²) in [5.74, 6) is 0.347. The highest BCUT2D eigenvalue weighted by Gasteiger charge is 2.12. The first-order chi connectivity index (χ1) is 15.5. The van der Waals surface area contributed by atoms with Crippen LogP contribution < -0.4 is 15.4 Å². The highest BCUT2D eigenvalue weighted by atomic mass is 35.5. The van der Waals surface area contributed by atoms with Crippen LogP contribution in [0.15, 0.2) is 79.1 Å². The average molecular weight is 449 g/mol. The normalized spacial score (nSPS) is 10.5. The summed E-state index contributed by atoms with van der Waals surface area (Å²) < 4.78 is 18.8. The van der Waals surface area contributed by atoms with E-state index in [4.69, 9.17) is 16.3 Å². The van der Waals surface area contributed by atoms with E-state index in [1.54, 1.807) is 60.7 Å². The molecule has 0 unspecified atom stereocenters. The number of benzene rings is 3. The van der Waals surface area contributed by atoms with E-state index in [0.29, 0.717) is 44.8 Å². The van der Waals surface area contributed by atoms with Gasteiger partial charge in [0.05, 0.1) is 18.5 Å². The zero-order valence-electron chi connectivity index (χ0n) is 17.0. The number of aromatic nitrogens is 2. The highest BCUT2D eigenvalue weighted by Crippen LogP contribution is 2.28. The Balaban J connectivity index is 1.53. The Bertz CT molecular complexity index is 1280. The molecule has 0 aliphatic heterocycles.